The van der Waals surface area contributed by atoms with E-state index in [0.717, 1.165) is 25.7 Å². The molecule has 9 heteroatoms. The van der Waals surface area contributed by atoms with Crippen LogP contribution in [0, 0.1) is 12.8 Å². The topological polar surface area (TPSA) is 123 Å². The Balaban J connectivity index is 1.64. The molecule has 2 aromatic heterocycles. The third-order valence-electron chi connectivity index (χ3n) is 4.56. The van der Waals surface area contributed by atoms with Gasteiger partial charge in [-0.2, -0.15) is 4.80 Å². The van der Waals surface area contributed by atoms with Gasteiger partial charge in [-0.15, -0.1) is 10.2 Å². The summed E-state index contributed by atoms with van der Waals surface area (Å²) in [7, 11) is 0. The van der Waals surface area contributed by atoms with Crippen molar-refractivity contribution in [2.45, 2.75) is 52.1 Å². The van der Waals surface area contributed by atoms with Crippen molar-refractivity contribution in [1.29, 1.82) is 0 Å². The SMILES string of the molecule is CC(=O)N[C@H]1CC[C@H](Cn2nnc(-c3cc(C)nc(C(=O)O)c3)n2)CC1. The van der Waals surface area contributed by atoms with Crippen molar-refractivity contribution < 1.29 is 14.7 Å². The summed E-state index contributed by atoms with van der Waals surface area (Å²) in [5, 5.41) is 24.6. The maximum Gasteiger partial charge on any atom is 0.354 e. The zero-order valence-corrected chi connectivity index (χ0v) is 14.8. The van der Waals surface area contributed by atoms with E-state index in [1.165, 1.54) is 6.07 Å². The van der Waals surface area contributed by atoms with E-state index in [4.69, 9.17) is 5.11 Å². The van der Waals surface area contributed by atoms with E-state index < -0.39 is 5.97 Å². The van der Waals surface area contributed by atoms with Gasteiger partial charge in [0, 0.05) is 24.2 Å². The minimum Gasteiger partial charge on any atom is -0.477 e. The summed E-state index contributed by atoms with van der Waals surface area (Å²) in [5.41, 5.74) is 1.15. The normalized spacial score (nSPS) is 19.9. The molecule has 2 heterocycles. The molecule has 0 unspecified atom stereocenters. The van der Waals surface area contributed by atoms with E-state index in [1.807, 2.05) is 0 Å². The van der Waals surface area contributed by atoms with Gasteiger partial charge in [0.2, 0.25) is 11.7 Å². The summed E-state index contributed by atoms with van der Waals surface area (Å²) < 4.78 is 0. The van der Waals surface area contributed by atoms with Crippen LogP contribution in [0.15, 0.2) is 12.1 Å². The third kappa shape index (κ3) is 4.41. The Labute approximate surface area is 150 Å². The van der Waals surface area contributed by atoms with E-state index in [-0.39, 0.29) is 17.6 Å². The van der Waals surface area contributed by atoms with Crippen molar-refractivity contribution in [3.8, 4) is 11.4 Å². The van der Waals surface area contributed by atoms with E-state index >= 15 is 0 Å². The minimum absolute atomic E-state index is 0.0180. The first-order chi connectivity index (χ1) is 12.4. The molecule has 2 aromatic rings. The first-order valence-electron chi connectivity index (χ1n) is 8.68. The second kappa shape index (κ2) is 7.59. The lowest BCUT2D eigenvalue weighted by Crippen LogP contribution is -2.36. The van der Waals surface area contributed by atoms with Crippen molar-refractivity contribution in [1.82, 2.24) is 30.5 Å². The molecule has 0 radical (unpaired) electrons. The average Bonchev–Trinajstić information content (AvgIpc) is 3.04. The number of carbonyl (C=O) groups is 2. The fraction of sp³-hybridized carbons (Fsp3) is 0.529. The van der Waals surface area contributed by atoms with Crippen molar-refractivity contribution in [2.75, 3.05) is 0 Å². The summed E-state index contributed by atoms with van der Waals surface area (Å²) >= 11 is 0. The summed E-state index contributed by atoms with van der Waals surface area (Å²) in [5.74, 6) is -0.233. The number of pyridine rings is 1. The molecule has 26 heavy (non-hydrogen) atoms. The molecule has 1 aliphatic rings. The quantitative estimate of drug-likeness (QED) is 0.829. The van der Waals surface area contributed by atoms with Gasteiger partial charge in [-0.05, 0) is 55.9 Å². The lowest BCUT2D eigenvalue weighted by Gasteiger charge is -2.28. The van der Waals surface area contributed by atoms with Crippen LogP contribution in [0.4, 0.5) is 0 Å². The average molecular weight is 358 g/mol. The highest BCUT2D eigenvalue weighted by atomic mass is 16.4. The predicted molar refractivity (Wildman–Crippen MR) is 92.3 cm³/mol. The maximum absolute atomic E-state index is 11.1. The lowest BCUT2D eigenvalue weighted by molar-refractivity contribution is -0.119. The number of hydrogen-bond acceptors (Lipinski definition) is 6. The molecule has 1 aliphatic carbocycles. The Hall–Kier alpha value is -2.84. The van der Waals surface area contributed by atoms with Gasteiger partial charge in [0.25, 0.3) is 0 Å². The number of amides is 1. The lowest BCUT2D eigenvalue weighted by atomic mass is 9.86. The van der Waals surface area contributed by atoms with Crippen LogP contribution in [0.25, 0.3) is 11.4 Å². The molecule has 9 nitrogen and oxygen atoms in total. The van der Waals surface area contributed by atoms with Gasteiger partial charge in [0.05, 0.1) is 6.54 Å². The number of aromatic carboxylic acids is 1. The standard InChI is InChI=1S/C17H22N6O3/c1-10-7-13(8-15(18-10)17(25)26)16-20-22-23(21-16)9-12-3-5-14(6-4-12)19-11(2)24/h7-8,12,14H,3-6,9H2,1-2H3,(H,19,24)(H,25,26)/t12-,14-. The number of carboxylic acids is 1. The van der Waals surface area contributed by atoms with Crippen LogP contribution >= 0.6 is 0 Å². The molecule has 3 rings (SSSR count). The third-order valence-corrected chi connectivity index (χ3v) is 4.56. The van der Waals surface area contributed by atoms with Gasteiger partial charge < -0.3 is 10.4 Å². The zero-order valence-electron chi connectivity index (χ0n) is 14.8. The van der Waals surface area contributed by atoms with Crippen molar-refractivity contribution >= 4 is 11.9 Å². The molecule has 2 N–H and O–H groups in total. The highest BCUT2D eigenvalue weighted by molar-refractivity contribution is 5.86. The molecule has 0 bridgehead atoms. The van der Waals surface area contributed by atoms with E-state index in [0.29, 0.717) is 29.5 Å². The fourth-order valence-electron chi connectivity index (χ4n) is 3.35. The molecule has 0 aliphatic heterocycles. The maximum atomic E-state index is 11.1. The number of tetrazole rings is 1. The van der Waals surface area contributed by atoms with E-state index in [2.05, 4.69) is 25.7 Å². The van der Waals surface area contributed by atoms with Crippen molar-refractivity contribution in [2.24, 2.45) is 5.92 Å². The molecule has 138 valence electrons. The summed E-state index contributed by atoms with van der Waals surface area (Å²) in [6, 6.07) is 3.46. The molecule has 0 spiro atoms. The number of nitrogens with one attached hydrogen (secondary N) is 1. The number of nitrogens with zero attached hydrogens (tertiary/aromatic N) is 5. The van der Waals surface area contributed by atoms with Crippen LogP contribution in [0.2, 0.25) is 0 Å². The molecule has 1 fully saturated rings. The number of aromatic nitrogens is 5. The second-order valence-electron chi connectivity index (χ2n) is 6.77. The van der Waals surface area contributed by atoms with E-state index in [1.54, 1.807) is 24.7 Å². The van der Waals surface area contributed by atoms with Gasteiger partial charge in [0.1, 0.15) is 5.69 Å². The first-order valence-corrected chi connectivity index (χ1v) is 8.68. The molecular weight excluding hydrogens is 336 g/mol. The van der Waals surface area contributed by atoms with Crippen LogP contribution in [0.1, 0.15) is 48.8 Å². The van der Waals surface area contributed by atoms with Crippen molar-refractivity contribution in [3.05, 3.63) is 23.5 Å². The van der Waals surface area contributed by atoms with Gasteiger partial charge in [-0.1, -0.05) is 0 Å². The smallest absolute Gasteiger partial charge is 0.354 e. The van der Waals surface area contributed by atoms with Gasteiger partial charge in [0.15, 0.2) is 0 Å². The number of aryl methyl sites for hydroxylation is 1. The van der Waals surface area contributed by atoms with Crippen molar-refractivity contribution in [3.63, 3.8) is 0 Å². The first kappa shape index (κ1) is 18.0. The largest absolute Gasteiger partial charge is 0.477 e. The Morgan fingerprint density at radius 3 is 2.65 bits per heavy atom. The number of carboxylic acid groups (broad SMARTS) is 1. The predicted octanol–water partition coefficient (Wildman–Crippen LogP) is 1.44. The highest BCUT2D eigenvalue weighted by Crippen LogP contribution is 2.25. The minimum atomic E-state index is -1.08. The molecule has 1 amide bonds. The molecular formula is C17H22N6O3. The van der Waals surface area contributed by atoms with E-state index in [9.17, 15) is 9.59 Å². The number of hydrogen-bond donors (Lipinski definition) is 2. The second-order valence-corrected chi connectivity index (χ2v) is 6.77. The van der Waals surface area contributed by atoms with Crippen LogP contribution in [0.5, 0.6) is 0 Å². The molecule has 1 saturated carbocycles. The zero-order chi connectivity index (χ0) is 18.7. The van der Waals surface area contributed by atoms with Gasteiger partial charge >= 0.3 is 5.97 Å². The van der Waals surface area contributed by atoms with Crippen LogP contribution in [0.3, 0.4) is 0 Å². The van der Waals surface area contributed by atoms with Crippen LogP contribution < -0.4 is 5.32 Å². The Bertz CT molecular complexity index is 811. The van der Waals surface area contributed by atoms with Crippen LogP contribution in [-0.4, -0.2) is 48.2 Å². The Kier molecular flexibility index (Phi) is 5.24. The summed E-state index contributed by atoms with van der Waals surface area (Å²) in [6.07, 6.45) is 3.91. The summed E-state index contributed by atoms with van der Waals surface area (Å²) in [4.78, 5) is 27.8. The van der Waals surface area contributed by atoms with Crippen LogP contribution in [-0.2, 0) is 11.3 Å². The Morgan fingerprint density at radius 1 is 1.27 bits per heavy atom. The molecule has 0 saturated heterocycles. The van der Waals surface area contributed by atoms with Gasteiger partial charge in [-0.25, -0.2) is 9.78 Å². The monoisotopic (exact) mass is 358 g/mol. The molecule has 0 atom stereocenters. The Morgan fingerprint density at radius 2 is 2.00 bits per heavy atom. The summed E-state index contributed by atoms with van der Waals surface area (Å²) in [6.45, 7) is 3.94. The number of carbonyl (C=O) groups excluding carboxylic acids is 1. The fourth-order valence-corrected chi connectivity index (χ4v) is 3.35. The highest BCUT2D eigenvalue weighted by Gasteiger charge is 2.23. The van der Waals surface area contributed by atoms with Gasteiger partial charge in [-0.3, -0.25) is 4.79 Å². The number of rotatable bonds is 5. The molecule has 0 aromatic carbocycles.